The highest BCUT2D eigenvalue weighted by molar-refractivity contribution is 9.10. The lowest BCUT2D eigenvalue weighted by Gasteiger charge is -2.40. The molecular weight excluding hydrogens is 312 g/mol. The van der Waals surface area contributed by atoms with Gasteiger partial charge in [0.1, 0.15) is 6.04 Å². The van der Waals surface area contributed by atoms with Crippen LogP contribution in [0.3, 0.4) is 0 Å². The number of amides is 1. The molecule has 19 heavy (non-hydrogen) atoms. The van der Waals surface area contributed by atoms with Crippen molar-refractivity contribution in [1.82, 2.24) is 0 Å². The molecule has 1 amide bonds. The summed E-state index contributed by atoms with van der Waals surface area (Å²) in [5, 5.41) is 8.94. The van der Waals surface area contributed by atoms with Crippen LogP contribution in [0.1, 0.15) is 12.0 Å². The predicted octanol–water partition coefficient (Wildman–Crippen LogP) is 2.01. The van der Waals surface area contributed by atoms with Crippen molar-refractivity contribution in [3.63, 3.8) is 0 Å². The monoisotopic (exact) mass is 326 g/mol. The Morgan fingerprint density at radius 3 is 2.63 bits per heavy atom. The minimum absolute atomic E-state index is 0.192. The first-order chi connectivity index (χ1) is 8.82. The molecule has 0 saturated heterocycles. The summed E-state index contributed by atoms with van der Waals surface area (Å²) in [7, 11) is 3.44. The van der Waals surface area contributed by atoms with Gasteiger partial charge in [0, 0.05) is 18.6 Å². The molecule has 2 rings (SSSR count). The lowest BCUT2D eigenvalue weighted by molar-refractivity contribution is -0.139. The molecular formula is C13H15BrN2O3. The molecule has 0 radical (unpaired) electrons. The van der Waals surface area contributed by atoms with Gasteiger partial charge < -0.3 is 14.9 Å². The fourth-order valence-electron chi connectivity index (χ4n) is 2.48. The Morgan fingerprint density at radius 2 is 2.05 bits per heavy atom. The number of anilines is 2. The van der Waals surface area contributed by atoms with E-state index in [4.69, 9.17) is 5.11 Å². The van der Waals surface area contributed by atoms with Crippen molar-refractivity contribution >= 4 is 39.2 Å². The first-order valence-electron chi connectivity index (χ1n) is 5.85. The fourth-order valence-corrected chi connectivity index (χ4v) is 3.04. The first kappa shape index (κ1) is 13.9. The van der Waals surface area contributed by atoms with E-state index in [0.29, 0.717) is 0 Å². The molecule has 0 aromatic heterocycles. The summed E-state index contributed by atoms with van der Waals surface area (Å²) in [6.45, 7) is 1.93. The van der Waals surface area contributed by atoms with Crippen LogP contribution in [0.2, 0.25) is 0 Å². The van der Waals surface area contributed by atoms with Gasteiger partial charge >= 0.3 is 5.97 Å². The molecule has 1 N–H and O–H groups in total. The number of likely N-dealkylation sites (N-methyl/N-ethyl adjacent to an activating group) is 2. The smallest absolute Gasteiger partial charge is 0.305 e. The quantitative estimate of drug-likeness (QED) is 0.903. The molecule has 1 aliphatic rings. The molecule has 102 valence electrons. The number of hydrogen-bond donors (Lipinski definition) is 1. The summed E-state index contributed by atoms with van der Waals surface area (Å²) >= 11 is 3.43. The molecule has 1 aliphatic heterocycles. The molecule has 1 aromatic carbocycles. The van der Waals surface area contributed by atoms with E-state index in [0.717, 1.165) is 21.4 Å². The third-order valence-electron chi connectivity index (χ3n) is 3.41. The number of rotatable bonds is 2. The fraction of sp³-hybridized carbons (Fsp3) is 0.385. The van der Waals surface area contributed by atoms with Crippen LogP contribution in [0.25, 0.3) is 0 Å². The number of benzene rings is 1. The standard InChI is InChI=1S/C13H15BrN2O3/c1-7-4-8(14)5-9-12(7)16(3)13(19)10(15(9)2)6-11(17)18/h4-5,10H,6H2,1-3H3,(H,17,18). The van der Waals surface area contributed by atoms with E-state index in [-0.39, 0.29) is 12.3 Å². The Hall–Kier alpha value is -1.56. The number of aliphatic carboxylic acids is 1. The van der Waals surface area contributed by atoms with Crippen LogP contribution in [0.5, 0.6) is 0 Å². The molecule has 1 heterocycles. The molecule has 0 bridgehead atoms. The SMILES string of the molecule is Cc1cc(Br)cc2c1N(C)C(=O)C(CC(=O)O)N2C. The van der Waals surface area contributed by atoms with E-state index in [1.54, 1.807) is 23.9 Å². The van der Waals surface area contributed by atoms with Crippen molar-refractivity contribution in [3.05, 3.63) is 22.2 Å². The number of carbonyl (C=O) groups is 2. The average Bonchev–Trinajstić information content (AvgIpc) is 2.30. The maximum atomic E-state index is 12.3. The second kappa shape index (κ2) is 4.85. The van der Waals surface area contributed by atoms with E-state index in [2.05, 4.69) is 15.9 Å². The van der Waals surface area contributed by atoms with E-state index >= 15 is 0 Å². The molecule has 1 aromatic rings. The van der Waals surface area contributed by atoms with Crippen molar-refractivity contribution < 1.29 is 14.7 Å². The second-order valence-electron chi connectivity index (χ2n) is 4.71. The molecule has 1 atom stereocenters. The van der Waals surface area contributed by atoms with Crippen LogP contribution in [0.15, 0.2) is 16.6 Å². The summed E-state index contributed by atoms with van der Waals surface area (Å²) in [4.78, 5) is 26.5. The van der Waals surface area contributed by atoms with Crippen LogP contribution in [0.4, 0.5) is 11.4 Å². The van der Waals surface area contributed by atoms with Gasteiger partial charge in [-0.3, -0.25) is 9.59 Å². The number of carbonyl (C=O) groups excluding carboxylic acids is 1. The third kappa shape index (κ3) is 2.32. The first-order valence-corrected chi connectivity index (χ1v) is 6.64. The van der Waals surface area contributed by atoms with Crippen molar-refractivity contribution in [3.8, 4) is 0 Å². The van der Waals surface area contributed by atoms with Crippen LogP contribution in [-0.4, -0.2) is 37.1 Å². The molecule has 6 heteroatoms. The zero-order chi connectivity index (χ0) is 14.3. The van der Waals surface area contributed by atoms with Gasteiger partial charge in [0.25, 0.3) is 0 Å². The molecule has 5 nitrogen and oxygen atoms in total. The average molecular weight is 327 g/mol. The Bertz CT molecular complexity index is 559. The number of fused-ring (bicyclic) bond motifs is 1. The van der Waals surface area contributed by atoms with Crippen LogP contribution < -0.4 is 9.80 Å². The Balaban J connectivity index is 2.55. The van der Waals surface area contributed by atoms with E-state index in [9.17, 15) is 9.59 Å². The Morgan fingerprint density at radius 1 is 1.42 bits per heavy atom. The van der Waals surface area contributed by atoms with Gasteiger partial charge in [0.2, 0.25) is 5.91 Å². The second-order valence-corrected chi connectivity index (χ2v) is 5.63. The predicted molar refractivity (Wildman–Crippen MR) is 76.7 cm³/mol. The third-order valence-corrected chi connectivity index (χ3v) is 3.87. The number of nitrogens with zero attached hydrogens (tertiary/aromatic N) is 2. The van der Waals surface area contributed by atoms with Crippen molar-refractivity contribution in [2.75, 3.05) is 23.9 Å². The van der Waals surface area contributed by atoms with Gasteiger partial charge in [-0.2, -0.15) is 0 Å². The summed E-state index contributed by atoms with van der Waals surface area (Å²) in [5.74, 6) is -1.17. The van der Waals surface area contributed by atoms with E-state index < -0.39 is 12.0 Å². The van der Waals surface area contributed by atoms with Crippen LogP contribution in [-0.2, 0) is 9.59 Å². The zero-order valence-corrected chi connectivity index (χ0v) is 12.6. The molecule has 0 fully saturated rings. The minimum Gasteiger partial charge on any atom is -0.481 e. The maximum absolute atomic E-state index is 12.3. The summed E-state index contributed by atoms with van der Waals surface area (Å²) < 4.78 is 0.910. The topological polar surface area (TPSA) is 60.9 Å². The summed E-state index contributed by atoms with van der Waals surface area (Å²) in [6, 6.07) is 3.18. The Kier molecular flexibility index (Phi) is 3.54. The van der Waals surface area contributed by atoms with Crippen LogP contribution >= 0.6 is 15.9 Å². The minimum atomic E-state index is -0.978. The van der Waals surface area contributed by atoms with E-state index in [1.807, 2.05) is 19.1 Å². The Labute approximate surface area is 119 Å². The number of aryl methyl sites for hydroxylation is 1. The normalized spacial score (nSPS) is 18.5. The number of carboxylic acid groups (broad SMARTS) is 1. The molecule has 0 aliphatic carbocycles. The number of halogens is 1. The summed E-state index contributed by atoms with van der Waals surface area (Å²) in [5.41, 5.74) is 2.67. The molecule has 1 unspecified atom stereocenters. The lowest BCUT2D eigenvalue weighted by Crippen LogP contribution is -2.51. The van der Waals surface area contributed by atoms with Gasteiger partial charge in [-0.15, -0.1) is 0 Å². The maximum Gasteiger partial charge on any atom is 0.305 e. The number of hydrogen-bond acceptors (Lipinski definition) is 3. The highest BCUT2D eigenvalue weighted by atomic mass is 79.9. The van der Waals surface area contributed by atoms with E-state index in [1.165, 1.54) is 0 Å². The van der Waals surface area contributed by atoms with Crippen molar-refractivity contribution in [2.45, 2.75) is 19.4 Å². The highest BCUT2D eigenvalue weighted by Crippen LogP contribution is 2.39. The lowest BCUT2D eigenvalue weighted by atomic mass is 10.0. The zero-order valence-electron chi connectivity index (χ0n) is 11.0. The van der Waals surface area contributed by atoms with Gasteiger partial charge in [0.15, 0.2) is 0 Å². The van der Waals surface area contributed by atoms with Crippen LogP contribution in [0, 0.1) is 6.92 Å². The largest absolute Gasteiger partial charge is 0.481 e. The van der Waals surface area contributed by atoms with Gasteiger partial charge in [0.05, 0.1) is 17.8 Å². The molecule has 0 saturated carbocycles. The van der Waals surface area contributed by atoms with Gasteiger partial charge in [-0.25, -0.2) is 0 Å². The van der Waals surface area contributed by atoms with Crippen molar-refractivity contribution in [2.24, 2.45) is 0 Å². The van der Waals surface area contributed by atoms with Crippen molar-refractivity contribution in [1.29, 1.82) is 0 Å². The van der Waals surface area contributed by atoms with Gasteiger partial charge in [-0.1, -0.05) is 15.9 Å². The highest BCUT2D eigenvalue weighted by Gasteiger charge is 2.36. The van der Waals surface area contributed by atoms with Gasteiger partial charge in [-0.05, 0) is 24.6 Å². The number of carboxylic acids is 1. The molecule has 0 spiro atoms. The summed E-state index contributed by atoms with van der Waals surface area (Å²) in [6.07, 6.45) is -0.204.